The van der Waals surface area contributed by atoms with Gasteiger partial charge in [0.2, 0.25) is 0 Å². The van der Waals surface area contributed by atoms with E-state index in [2.05, 4.69) is 6.58 Å². The lowest BCUT2D eigenvalue weighted by molar-refractivity contribution is -0.146. The van der Waals surface area contributed by atoms with Crippen LogP contribution in [0, 0.1) is 0 Å². The fraction of sp³-hybridized carbons (Fsp3) is 0.357. The van der Waals surface area contributed by atoms with Crippen molar-refractivity contribution in [1.29, 1.82) is 0 Å². The Hall–Kier alpha value is -1.81. The zero-order chi connectivity index (χ0) is 13.5. The summed E-state index contributed by atoms with van der Waals surface area (Å²) >= 11 is 0. The van der Waals surface area contributed by atoms with Crippen LogP contribution in [0.3, 0.4) is 0 Å². The Morgan fingerprint density at radius 1 is 1.39 bits per heavy atom. The Morgan fingerprint density at radius 2 is 2.00 bits per heavy atom. The van der Waals surface area contributed by atoms with Gasteiger partial charge in [-0.3, -0.25) is 4.90 Å². The number of carbonyl (C=O) groups excluding carboxylic acids is 1. The van der Waals surface area contributed by atoms with Gasteiger partial charge in [-0.25, -0.2) is 4.79 Å². The van der Waals surface area contributed by atoms with Crippen LogP contribution in [-0.2, 0) is 9.53 Å². The maximum atomic E-state index is 11.9. The summed E-state index contributed by atoms with van der Waals surface area (Å²) in [5.74, 6) is 0.471. The third-order valence-corrected chi connectivity index (χ3v) is 2.71. The van der Waals surface area contributed by atoms with Crippen LogP contribution < -0.4 is 4.74 Å². The maximum Gasteiger partial charge on any atom is 0.327 e. The molecule has 0 aliphatic heterocycles. The van der Waals surface area contributed by atoms with Gasteiger partial charge in [0.1, 0.15) is 11.8 Å². The van der Waals surface area contributed by atoms with E-state index in [4.69, 9.17) is 9.47 Å². The first-order chi connectivity index (χ1) is 8.63. The molecule has 1 rings (SSSR count). The summed E-state index contributed by atoms with van der Waals surface area (Å²) in [6.07, 6.45) is 1.75. The van der Waals surface area contributed by atoms with Crippen molar-refractivity contribution < 1.29 is 14.3 Å². The van der Waals surface area contributed by atoms with E-state index in [1.165, 1.54) is 7.11 Å². The zero-order valence-electron chi connectivity index (χ0n) is 11.1. The molecule has 0 fully saturated rings. The minimum absolute atomic E-state index is 0.287. The summed E-state index contributed by atoms with van der Waals surface area (Å²) in [4.78, 5) is 13.7. The number of carbonyl (C=O) groups is 1. The van der Waals surface area contributed by atoms with E-state index in [-0.39, 0.29) is 5.97 Å². The largest absolute Gasteiger partial charge is 0.497 e. The van der Waals surface area contributed by atoms with Crippen molar-refractivity contribution in [3.05, 3.63) is 42.5 Å². The standard InChI is InChI=1S/C14H19NO3/c1-5-10-15(2)13(14(16)18-4)11-6-8-12(17-3)9-7-11/h5-9,13H,1,10H2,2-4H3/t13-/m0/s1. The van der Waals surface area contributed by atoms with Crippen LogP contribution in [0.1, 0.15) is 11.6 Å². The van der Waals surface area contributed by atoms with Crippen molar-refractivity contribution in [3.8, 4) is 5.75 Å². The van der Waals surface area contributed by atoms with Gasteiger partial charge >= 0.3 is 5.97 Å². The minimum Gasteiger partial charge on any atom is -0.497 e. The van der Waals surface area contributed by atoms with E-state index >= 15 is 0 Å². The number of hydrogen-bond donors (Lipinski definition) is 0. The molecule has 0 spiro atoms. The third-order valence-electron chi connectivity index (χ3n) is 2.71. The van der Waals surface area contributed by atoms with E-state index in [1.54, 1.807) is 13.2 Å². The van der Waals surface area contributed by atoms with E-state index in [0.717, 1.165) is 11.3 Å². The van der Waals surface area contributed by atoms with Gasteiger partial charge < -0.3 is 9.47 Å². The van der Waals surface area contributed by atoms with Crippen molar-refractivity contribution >= 4 is 5.97 Å². The maximum absolute atomic E-state index is 11.9. The quantitative estimate of drug-likeness (QED) is 0.571. The van der Waals surface area contributed by atoms with E-state index in [0.29, 0.717) is 6.54 Å². The van der Waals surface area contributed by atoms with Gasteiger partial charge in [-0.15, -0.1) is 6.58 Å². The van der Waals surface area contributed by atoms with Crippen LogP contribution in [-0.4, -0.2) is 38.7 Å². The average Bonchev–Trinajstić information content (AvgIpc) is 2.40. The normalized spacial score (nSPS) is 12.0. The Bertz CT molecular complexity index is 400. The highest BCUT2D eigenvalue weighted by molar-refractivity contribution is 5.77. The zero-order valence-corrected chi connectivity index (χ0v) is 11.1. The molecule has 0 aliphatic carbocycles. The van der Waals surface area contributed by atoms with Crippen LogP contribution in [0.15, 0.2) is 36.9 Å². The summed E-state index contributed by atoms with van der Waals surface area (Å²) in [6.45, 7) is 4.28. The first-order valence-electron chi connectivity index (χ1n) is 5.67. The molecular weight excluding hydrogens is 230 g/mol. The number of hydrogen-bond acceptors (Lipinski definition) is 4. The van der Waals surface area contributed by atoms with Gasteiger partial charge in [0.15, 0.2) is 0 Å². The lowest BCUT2D eigenvalue weighted by Gasteiger charge is -2.25. The van der Waals surface area contributed by atoms with Crippen LogP contribution >= 0.6 is 0 Å². The highest BCUT2D eigenvalue weighted by Gasteiger charge is 2.25. The van der Waals surface area contributed by atoms with Crippen LogP contribution in [0.25, 0.3) is 0 Å². The van der Waals surface area contributed by atoms with E-state index in [1.807, 2.05) is 36.2 Å². The van der Waals surface area contributed by atoms with Crippen LogP contribution in [0.2, 0.25) is 0 Å². The highest BCUT2D eigenvalue weighted by Crippen LogP contribution is 2.23. The highest BCUT2D eigenvalue weighted by atomic mass is 16.5. The second kappa shape index (κ2) is 6.81. The molecule has 4 nitrogen and oxygen atoms in total. The number of rotatable bonds is 6. The van der Waals surface area contributed by atoms with E-state index in [9.17, 15) is 4.79 Å². The number of nitrogens with zero attached hydrogens (tertiary/aromatic N) is 1. The molecule has 0 saturated carbocycles. The minimum atomic E-state index is -0.432. The molecule has 0 saturated heterocycles. The van der Waals surface area contributed by atoms with Crippen molar-refractivity contribution in [1.82, 2.24) is 4.90 Å². The van der Waals surface area contributed by atoms with Crippen molar-refractivity contribution in [3.63, 3.8) is 0 Å². The van der Waals surface area contributed by atoms with Gasteiger partial charge in [0.25, 0.3) is 0 Å². The Labute approximate surface area is 108 Å². The smallest absolute Gasteiger partial charge is 0.327 e. The number of ether oxygens (including phenoxy) is 2. The molecule has 1 aromatic rings. The van der Waals surface area contributed by atoms with Crippen molar-refractivity contribution in [2.75, 3.05) is 27.8 Å². The van der Waals surface area contributed by atoms with Gasteiger partial charge in [-0.2, -0.15) is 0 Å². The Morgan fingerprint density at radius 3 is 2.44 bits per heavy atom. The third kappa shape index (κ3) is 3.34. The number of likely N-dealkylation sites (N-methyl/N-ethyl adjacent to an activating group) is 1. The summed E-state index contributed by atoms with van der Waals surface area (Å²) < 4.78 is 9.94. The molecule has 0 radical (unpaired) electrons. The Balaban J connectivity index is 3.00. The topological polar surface area (TPSA) is 38.8 Å². The van der Waals surface area contributed by atoms with Crippen LogP contribution in [0.5, 0.6) is 5.75 Å². The van der Waals surface area contributed by atoms with Crippen LogP contribution in [0.4, 0.5) is 0 Å². The average molecular weight is 249 g/mol. The fourth-order valence-electron chi connectivity index (χ4n) is 1.78. The van der Waals surface area contributed by atoms with Gasteiger partial charge in [0, 0.05) is 6.54 Å². The molecule has 1 atom stereocenters. The fourth-order valence-corrected chi connectivity index (χ4v) is 1.78. The monoisotopic (exact) mass is 249 g/mol. The molecule has 0 amide bonds. The molecule has 0 bridgehead atoms. The lowest BCUT2D eigenvalue weighted by atomic mass is 10.1. The van der Waals surface area contributed by atoms with E-state index < -0.39 is 6.04 Å². The lowest BCUT2D eigenvalue weighted by Crippen LogP contribution is -2.31. The number of benzene rings is 1. The second-order valence-electron chi connectivity index (χ2n) is 3.93. The molecule has 0 N–H and O–H groups in total. The predicted molar refractivity (Wildman–Crippen MR) is 70.6 cm³/mol. The molecule has 4 heteroatoms. The summed E-state index contributed by atoms with van der Waals surface area (Å²) in [5.41, 5.74) is 0.868. The SMILES string of the molecule is C=CCN(C)[C@H](C(=O)OC)c1ccc(OC)cc1. The summed E-state index contributed by atoms with van der Waals surface area (Å²) in [7, 11) is 4.85. The predicted octanol–water partition coefficient (Wildman–Crippen LogP) is 2.03. The number of methoxy groups -OCH3 is 2. The second-order valence-corrected chi connectivity index (χ2v) is 3.93. The van der Waals surface area contributed by atoms with Gasteiger partial charge in [-0.1, -0.05) is 18.2 Å². The molecule has 0 aromatic heterocycles. The number of esters is 1. The first-order valence-corrected chi connectivity index (χ1v) is 5.67. The summed E-state index contributed by atoms with van der Waals surface area (Å²) in [6, 6.07) is 6.94. The van der Waals surface area contributed by atoms with Gasteiger partial charge in [0.05, 0.1) is 14.2 Å². The molecule has 1 aromatic carbocycles. The molecule has 0 heterocycles. The summed E-state index contributed by atoms with van der Waals surface area (Å²) in [5, 5.41) is 0. The molecule has 0 unspecified atom stereocenters. The molecule has 18 heavy (non-hydrogen) atoms. The molecule has 98 valence electrons. The Kier molecular flexibility index (Phi) is 5.39. The molecule has 0 aliphatic rings. The molecular formula is C14H19NO3. The van der Waals surface area contributed by atoms with Crippen molar-refractivity contribution in [2.45, 2.75) is 6.04 Å². The first kappa shape index (κ1) is 14.3. The van der Waals surface area contributed by atoms with Gasteiger partial charge in [-0.05, 0) is 24.7 Å². The van der Waals surface area contributed by atoms with Crippen molar-refractivity contribution in [2.24, 2.45) is 0 Å².